The molecule has 0 aliphatic heterocycles. The van der Waals surface area contributed by atoms with Gasteiger partial charge in [-0.1, -0.05) is 0 Å². The zero-order valence-electron chi connectivity index (χ0n) is 12.5. The van der Waals surface area contributed by atoms with E-state index in [9.17, 15) is 9.59 Å². The Morgan fingerprint density at radius 2 is 1.86 bits per heavy atom. The van der Waals surface area contributed by atoms with E-state index < -0.39 is 5.97 Å². The SMILES string of the molecule is Cc1cc2cc(C(=O)N(C)CCCC(=O)O)oc2cc1C. The van der Waals surface area contributed by atoms with E-state index in [4.69, 9.17) is 9.52 Å². The molecule has 2 aromatic rings. The average molecular weight is 289 g/mol. The molecular weight excluding hydrogens is 270 g/mol. The van der Waals surface area contributed by atoms with Crippen LogP contribution in [-0.4, -0.2) is 35.5 Å². The van der Waals surface area contributed by atoms with E-state index in [1.165, 1.54) is 4.90 Å². The molecule has 0 bridgehead atoms. The fraction of sp³-hybridized carbons (Fsp3) is 0.375. The van der Waals surface area contributed by atoms with Crippen LogP contribution in [0.4, 0.5) is 0 Å². The van der Waals surface area contributed by atoms with Crippen molar-refractivity contribution in [3.8, 4) is 0 Å². The third kappa shape index (κ3) is 3.42. The molecule has 0 aliphatic rings. The number of aryl methyl sites for hydroxylation is 2. The Hall–Kier alpha value is -2.30. The van der Waals surface area contributed by atoms with Gasteiger partial charge in [-0.25, -0.2) is 0 Å². The fourth-order valence-electron chi connectivity index (χ4n) is 2.16. The number of carboxylic acid groups (broad SMARTS) is 1. The number of fused-ring (bicyclic) bond motifs is 1. The van der Waals surface area contributed by atoms with Gasteiger partial charge in [0.05, 0.1) is 0 Å². The summed E-state index contributed by atoms with van der Waals surface area (Å²) in [5, 5.41) is 9.51. The van der Waals surface area contributed by atoms with E-state index in [-0.39, 0.29) is 18.1 Å². The maximum absolute atomic E-state index is 12.2. The first-order chi connectivity index (χ1) is 9.88. The van der Waals surface area contributed by atoms with E-state index in [1.807, 2.05) is 26.0 Å². The molecular formula is C16H19NO4. The predicted octanol–water partition coefficient (Wildman–Crippen LogP) is 2.99. The molecule has 5 heteroatoms. The molecule has 0 spiro atoms. The number of aliphatic carboxylic acids is 1. The van der Waals surface area contributed by atoms with E-state index in [0.717, 1.165) is 16.5 Å². The van der Waals surface area contributed by atoms with Gasteiger partial charge in [-0.3, -0.25) is 9.59 Å². The summed E-state index contributed by atoms with van der Waals surface area (Å²) in [5.41, 5.74) is 2.96. The molecule has 1 aromatic heterocycles. The minimum absolute atomic E-state index is 0.0517. The van der Waals surface area contributed by atoms with Gasteiger partial charge < -0.3 is 14.4 Å². The number of hydrogen-bond acceptors (Lipinski definition) is 3. The van der Waals surface area contributed by atoms with Crippen molar-refractivity contribution in [3.05, 3.63) is 35.1 Å². The largest absolute Gasteiger partial charge is 0.481 e. The van der Waals surface area contributed by atoms with Crippen LogP contribution in [-0.2, 0) is 4.79 Å². The van der Waals surface area contributed by atoms with Gasteiger partial charge in [0.1, 0.15) is 5.58 Å². The molecule has 0 aliphatic carbocycles. The minimum atomic E-state index is -0.856. The molecule has 21 heavy (non-hydrogen) atoms. The van der Waals surface area contributed by atoms with E-state index in [1.54, 1.807) is 13.1 Å². The lowest BCUT2D eigenvalue weighted by molar-refractivity contribution is -0.137. The summed E-state index contributed by atoms with van der Waals surface area (Å²) >= 11 is 0. The van der Waals surface area contributed by atoms with Crippen molar-refractivity contribution in [2.24, 2.45) is 0 Å². The van der Waals surface area contributed by atoms with Crippen LogP contribution in [0.2, 0.25) is 0 Å². The van der Waals surface area contributed by atoms with Gasteiger partial charge in [-0.2, -0.15) is 0 Å². The smallest absolute Gasteiger partial charge is 0.303 e. The Labute approximate surface area is 123 Å². The van der Waals surface area contributed by atoms with Gasteiger partial charge in [0.15, 0.2) is 5.76 Å². The van der Waals surface area contributed by atoms with E-state index >= 15 is 0 Å². The van der Waals surface area contributed by atoms with Gasteiger partial charge in [-0.05, 0) is 49.6 Å². The Bertz CT molecular complexity index is 648. The van der Waals surface area contributed by atoms with Gasteiger partial charge in [0.2, 0.25) is 0 Å². The predicted molar refractivity (Wildman–Crippen MR) is 79.5 cm³/mol. The molecule has 0 radical (unpaired) electrons. The van der Waals surface area contributed by atoms with Crippen molar-refractivity contribution in [1.82, 2.24) is 4.90 Å². The lowest BCUT2D eigenvalue weighted by Gasteiger charge is -2.14. The lowest BCUT2D eigenvalue weighted by atomic mass is 10.1. The second kappa shape index (κ2) is 5.99. The molecule has 2 rings (SSSR count). The minimum Gasteiger partial charge on any atom is -0.481 e. The van der Waals surface area contributed by atoms with Crippen LogP contribution in [0.15, 0.2) is 22.6 Å². The molecule has 0 saturated heterocycles. The second-order valence-corrected chi connectivity index (χ2v) is 5.31. The van der Waals surface area contributed by atoms with Crippen molar-refractivity contribution in [1.29, 1.82) is 0 Å². The summed E-state index contributed by atoms with van der Waals surface area (Å²) in [6, 6.07) is 5.65. The quantitative estimate of drug-likeness (QED) is 0.918. The Morgan fingerprint density at radius 3 is 2.52 bits per heavy atom. The number of benzene rings is 1. The molecule has 0 atom stereocenters. The van der Waals surface area contributed by atoms with Crippen molar-refractivity contribution < 1.29 is 19.1 Å². The number of carbonyl (C=O) groups is 2. The number of amides is 1. The van der Waals surface area contributed by atoms with E-state index in [2.05, 4.69) is 0 Å². The summed E-state index contributed by atoms with van der Waals surface area (Å²) in [5.74, 6) is -0.801. The Morgan fingerprint density at radius 1 is 1.19 bits per heavy atom. The number of carbonyl (C=O) groups excluding carboxylic acids is 1. The lowest BCUT2D eigenvalue weighted by Crippen LogP contribution is -2.27. The molecule has 1 amide bonds. The van der Waals surface area contributed by atoms with Crippen molar-refractivity contribution in [2.75, 3.05) is 13.6 Å². The third-order valence-corrected chi connectivity index (χ3v) is 3.57. The fourth-order valence-corrected chi connectivity index (χ4v) is 2.16. The Kier molecular flexibility index (Phi) is 4.31. The first-order valence-corrected chi connectivity index (χ1v) is 6.86. The normalized spacial score (nSPS) is 10.8. The molecule has 1 heterocycles. The van der Waals surface area contributed by atoms with Crippen molar-refractivity contribution in [3.63, 3.8) is 0 Å². The Balaban J connectivity index is 2.13. The molecule has 0 unspecified atom stereocenters. The first-order valence-electron chi connectivity index (χ1n) is 6.86. The third-order valence-electron chi connectivity index (χ3n) is 3.57. The van der Waals surface area contributed by atoms with Crippen LogP contribution in [0.3, 0.4) is 0 Å². The van der Waals surface area contributed by atoms with Crippen LogP contribution in [0.1, 0.15) is 34.5 Å². The maximum Gasteiger partial charge on any atom is 0.303 e. The standard InChI is InChI=1S/C16H19NO4/c1-10-7-12-9-14(21-13(12)8-11(10)2)16(20)17(3)6-4-5-15(18)19/h7-9H,4-6H2,1-3H3,(H,18,19). The maximum atomic E-state index is 12.2. The van der Waals surface area contributed by atoms with E-state index in [0.29, 0.717) is 18.5 Å². The molecule has 112 valence electrons. The average Bonchev–Trinajstić information content (AvgIpc) is 2.80. The molecule has 1 N–H and O–H groups in total. The highest BCUT2D eigenvalue weighted by Gasteiger charge is 2.17. The second-order valence-electron chi connectivity index (χ2n) is 5.31. The highest BCUT2D eigenvalue weighted by molar-refractivity contribution is 5.96. The van der Waals surface area contributed by atoms with Gasteiger partial charge in [0, 0.05) is 25.4 Å². The number of furan rings is 1. The molecule has 0 saturated carbocycles. The summed E-state index contributed by atoms with van der Waals surface area (Å²) in [4.78, 5) is 24.2. The number of nitrogens with zero attached hydrogens (tertiary/aromatic N) is 1. The summed E-state index contributed by atoms with van der Waals surface area (Å²) in [7, 11) is 1.65. The highest BCUT2D eigenvalue weighted by Crippen LogP contribution is 2.23. The van der Waals surface area contributed by atoms with Crippen LogP contribution >= 0.6 is 0 Å². The molecule has 5 nitrogen and oxygen atoms in total. The summed E-state index contributed by atoms with van der Waals surface area (Å²) < 4.78 is 5.61. The summed E-state index contributed by atoms with van der Waals surface area (Å²) in [6.45, 7) is 4.40. The number of rotatable bonds is 5. The number of carboxylic acids is 1. The zero-order valence-corrected chi connectivity index (χ0v) is 12.5. The van der Waals surface area contributed by atoms with Crippen LogP contribution in [0.25, 0.3) is 11.0 Å². The zero-order chi connectivity index (χ0) is 15.6. The van der Waals surface area contributed by atoms with Crippen LogP contribution in [0, 0.1) is 13.8 Å². The number of hydrogen-bond donors (Lipinski definition) is 1. The van der Waals surface area contributed by atoms with Crippen LogP contribution < -0.4 is 0 Å². The van der Waals surface area contributed by atoms with Crippen LogP contribution in [0.5, 0.6) is 0 Å². The van der Waals surface area contributed by atoms with Crippen molar-refractivity contribution in [2.45, 2.75) is 26.7 Å². The van der Waals surface area contributed by atoms with Gasteiger partial charge >= 0.3 is 5.97 Å². The molecule has 1 aromatic carbocycles. The molecule has 0 fully saturated rings. The van der Waals surface area contributed by atoms with Crippen molar-refractivity contribution >= 4 is 22.8 Å². The highest BCUT2D eigenvalue weighted by atomic mass is 16.4. The van der Waals surface area contributed by atoms with Gasteiger partial charge in [-0.15, -0.1) is 0 Å². The van der Waals surface area contributed by atoms with Gasteiger partial charge in [0.25, 0.3) is 5.91 Å². The first kappa shape index (κ1) is 15.1. The summed E-state index contributed by atoms with van der Waals surface area (Å²) in [6.07, 6.45) is 0.478. The monoisotopic (exact) mass is 289 g/mol. The topological polar surface area (TPSA) is 70.8 Å².